The third kappa shape index (κ3) is 6.16. The van der Waals surface area contributed by atoms with Crippen molar-refractivity contribution < 1.29 is 0 Å². The van der Waals surface area contributed by atoms with Gasteiger partial charge in [0.1, 0.15) is 0 Å². The zero-order valence-corrected chi connectivity index (χ0v) is 33.0. The molecule has 10 aromatic carbocycles. The summed E-state index contributed by atoms with van der Waals surface area (Å²) in [5, 5.41) is 6.07. The molecule has 0 radical (unpaired) electrons. The molecule has 0 saturated heterocycles. The second-order valence-electron chi connectivity index (χ2n) is 15.4. The van der Waals surface area contributed by atoms with Crippen molar-refractivity contribution in [3.05, 3.63) is 237 Å². The smallest absolute Gasteiger partial charge is 0.0708 e. The molecule has 1 heterocycles. The molecular formula is C59H39N. The third-order valence-electron chi connectivity index (χ3n) is 11.9. The van der Waals surface area contributed by atoms with E-state index in [9.17, 15) is 0 Å². The number of hydrogen-bond donors (Lipinski definition) is 0. The van der Waals surface area contributed by atoms with E-state index in [0.717, 1.165) is 10.9 Å². The molecule has 1 aromatic heterocycles. The van der Waals surface area contributed by atoms with E-state index in [1.807, 2.05) is 12.3 Å². The number of hydrogen-bond acceptors (Lipinski definition) is 1. The minimum Gasteiger partial charge on any atom is -0.256 e. The SMILES string of the molecule is c1ccc(-c2cc(-c3ccc(-c4c5ccccc5c(-c5ccc6cccnc6c5)c5ccccc45)cc3)c(-c3ccccc3)c(-c3ccccc3)c2-c2ccccc2)cc1. The van der Waals surface area contributed by atoms with Gasteiger partial charge < -0.3 is 0 Å². The van der Waals surface area contributed by atoms with Gasteiger partial charge in [-0.15, -0.1) is 0 Å². The molecule has 11 aromatic rings. The molecular weight excluding hydrogens is 723 g/mol. The van der Waals surface area contributed by atoms with Crippen LogP contribution in [0.5, 0.6) is 0 Å². The van der Waals surface area contributed by atoms with Crippen LogP contribution in [-0.4, -0.2) is 4.98 Å². The van der Waals surface area contributed by atoms with Crippen molar-refractivity contribution in [1.29, 1.82) is 0 Å². The predicted octanol–water partition coefficient (Wildman–Crippen LogP) is 16.2. The van der Waals surface area contributed by atoms with Crippen molar-refractivity contribution in [1.82, 2.24) is 4.98 Å². The van der Waals surface area contributed by atoms with Crippen LogP contribution < -0.4 is 0 Å². The summed E-state index contributed by atoms with van der Waals surface area (Å²) in [7, 11) is 0. The molecule has 11 rings (SSSR count). The Kier molecular flexibility index (Phi) is 8.91. The van der Waals surface area contributed by atoms with Gasteiger partial charge in [-0.1, -0.05) is 212 Å². The predicted molar refractivity (Wildman–Crippen MR) is 255 cm³/mol. The van der Waals surface area contributed by atoms with Crippen molar-refractivity contribution in [2.75, 3.05) is 0 Å². The highest BCUT2D eigenvalue weighted by Crippen LogP contribution is 2.51. The molecule has 0 amide bonds. The molecule has 0 atom stereocenters. The van der Waals surface area contributed by atoms with E-state index in [1.54, 1.807) is 0 Å². The van der Waals surface area contributed by atoms with Gasteiger partial charge in [0.05, 0.1) is 5.52 Å². The van der Waals surface area contributed by atoms with Crippen molar-refractivity contribution in [3.8, 4) is 77.9 Å². The normalized spacial score (nSPS) is 11.3. The van der Waals surface area contributed by atoms with Crippen LogP contribution in [0.4, 0.5) is 0 Å². The number of benzene rings is 10. The second-order valence-corrected chi connectivity index (χ2v) is 15.4. The first-order valence-corrected chi connectivity index (χ1v) is 20.6. The molecule has 0 unspecified atom stereocenters. The van der Waals surface area contributed by atoms with Crippen LogP contribution in [0.1, 0.15) is 0 Å². The van der Waals surface area contributed by atoms with Gasteiger partial charge in [-0.25, -0.2) is 0 Å². The Morgan fingerprint density at radius 3 is 1.10 bits per heavy atom. The van der Waals surface area contributed by atoms with Crippen LogP contribution in [0.15, 0.2) is 237 Å². The average molecular weight is 762 g/mol. The van der Waals surface area contributed by atoms with Gasteiger partial charge in [-0.2, -0.15) is 0 Å². The van der Waals surface area contributed by atoms with Gasteiger partial charge in [0.15, 0.2) is 0 Å². The molecule has 1 nitrogen and oxygen atoms in total. The van der Waals surface area contributed by atoms with E-state index >= 15 is 0 Å². The molecule has 0 spiro atoms. The Hall–Kier alpha value is -7.87. The van der Waals surface area contributed by atoms with Gasteiger partial charge in [0, 0.05) is 11.6 Å². The molecule has 1 heteroatoms. The van der Waals surface area contributed by atoms with Crippen molar-refractivity contribution in [2.24, 2.45) is 0 Å². The Balaban J connectivity index is 1.16. The number of nitrogens with zero attached hydrogens (tertiary/aromatic N) is 1. The number of aromatic nitrogens is 1. The number of pyridine rings is 1. The quantitative estimate of drug-likeness (QED) is 0.147. The fraction of sp³-hybridized carbons (Fsp3) is 0. The summed E-state index contributed by atoms with van der Waals surface area (Å²) >= 11 is 0. The minimum atomic E-state index is 1.00. The lowest BCUT2D eigenvalue weighted by atomic mass is 9.78. The monoisotopic (exact) mass is 761 g/mol. The lowest BCUT2D eigenvalue weighted by Crippen LogP contribution is -1.98. The third-order valence-corrected chi connectivity index (χ3v) is 11.9. The first-order valence-electron chi connectivity index (χ1n) is 20.6. The Morgan fingerprint density at radius 1 is 0.233 bits per heavy atom. The summed E-state index contributed by atoms with van der Waals surface area (Å²) in [6.07, 6.45) is 1.88. The Morgan fingerprint density at radius 2 is 0.600 bits per heavy atom. The second kappa shape index (κ2) is 15.1. The maximum absolute atomic E-state index is 4.72. The van der Waals surface area contributed by atoms with Gasteiger partial charge in [0.2, 0.25) is 0 Å². The highest BCUT2D eigenvalue weighted by atomic mass is 14.6. The van der Waals surface area contributed by atoms with E-state index in [1.165, 1.54) is 99.4 Å². The lowest BCUT2D eigenvalue weighted by molar-refractivity contribution is 1.41. The highest BCUT2D eigenvalue weighted by Gasteiger charge is 2.24. The zero-order valence-electron chi connectivity index (χ0n) is 33.0. The summed E-state index contributed by atoms with van der Waals surface area (Å²) in [5.74, 6) is 0. The van der Waals surface area contributed by atoms with Crippen molar-refractivity contribution in [3.63, 3.8) is 0 Å². The Labute approximate surface area is 350 Å². The Bertz CT molecular complexity index is 3260. The zero-order chi connectivity index (χ0) is 39.8. The van der Waals surface area contributed by atoms with Crippen LogP contribution in [0.3, 0.4) is 0 Å². The van der Waals surface area contributed by atoms with Crippen LogP contribution in [0.2, 0.25) is 0 Å². The molecule has 60 heavy (non-hydrogen) atoms. The molecule has 0 N–H and O–H groups in total. The van der Waals surface area contributed by atoms with Gasteiger partial charge in [-0.05, 0) is 118 Å². The summed E-state index contributed by atoms with van der Waals surface area (Å²) in [6, 6.07) is 83.8. The van der Waals surface area contributed by atoms with Gasteiger partial charge in [-0.3, -0.25) is 4.98 Å². The summed E-state index contributed by atoms with van der Waals surface area (Å²) in [4.78, 5) is 4.72. The van der Waals surface area contributed by atoms with Crippen molar-refractivity contribution >= 4 is 32.4 Å². The maximum Gasteiger partial charge on any atom is 0.0708 e. The topological polar surface area (TPSA) is 12.9 Å². The van der Waals surface area contributed by atoms with Crippen LogP contribution in [0.25, 0.3) is 110 Å². The van der Waals surface area contributed by atoms with Gasteiger partial charge >= 0.3 is 0 Å². The molecule has 0 bridgehead atoms. The lowest BCUT2D eigenvalue weighted by Gasteiger charge is -2.24. The fourth-order valence-corrected chi connectivity index (χ4v) is 9.25. The summed E-state index contributed by atoms with van der Waals surface area (Å²) in [6.45, 7) is 0. The van der Waals surface area contributed by atoms with Gasteiger partial charge in [0.25, 0.3) is 0 Å². The van der Waals surface area contributed by atoms with Crippen LogP contribution >= 0.6 is 0 Å². The summed E-state index contributed by atoms with van der Waals surface area (Å²) in [5.41, 5.74) is 17.8. The highest BCUT2D eigenvalue weighted by molar-refractivity contribution is 6.22. The molecule has 0 aliphatic carbocycles. The van der Waals surface area contributed by atoms with Crippen LogP contribution in [0, 0.1) is 0 Å². The number of fused-ring (bicyclic) bond motifs is 3. The molecule has 0 aliphatic heterocycles. The first kappa shape index (κ1) is 35.3. The van der Waals surface area contributed by atoms with E-state index in [-0.39, 0.29) is 0 Å². The molecule has 280 valence electrons. The van der Waals surface area contributed by atoms with Crippen LogP contribution in [-0.2, 0) is 0 Å². The average Bonchev–Trinajstić information content (AvgIpc) is 3.33. The number of rotatable bonds is 7. The molecule has 0 saturated carbocycles. The maximum atomic E-state index is 4.72. The minimum absolute atomic E-state index is 1.00. The van der Waals surface area contributed by atoms with E-state index in [2.05, 4.69) is 224 Å². The fourth-order valence-electron chi connectivity index (χ4n) is 9.25. The summed E-state index contributed by atoms with van der Waals surface area (Å²) < 4.78 is 0. The standard InChI is InChI=1S/C59H39N/c1-5-18-40(19-6-1)52-39-53(58(44-22-9-3-10-23-44)59(45-24-11-4-12-25-45)57(52)43-20-7-2-8-21-43)41-31-34-46(35-32-41)55-48-27-13-15-29-50(48)56(51-30-16-14-28-49(51)55)47-36-33-42-26-17-37-60-54(42)38-47/h1-39H. The molecule has 0 fully saturated rings. The first-order chi connectivity index (χ1) is 29.8. The molecule has 0 aliphatic rings. The van der Waals surface area contributed by atoms with E-state index < -0.39 is 0 Å². The van der Waals surface area contributed by atoms with E-state index in [0.29, 0.717) is 0 Å². The van der Waals surface area contributed by atoms with E-state index in [4.69, 9.17) is 4.98 Å². The van der Waals surface area contributed by atoms with Crippen molar-refractivity contribution in [2.45, 2.75) is 0 Å². The largest absolute Gasteiger partial charge is 0.256 e.